The van der Waals surface area contributed by atoms with Gasteiger partial charge in [0.05, 0.1) is 0 Å². The van der Waals surface area contributed by atoms with Crippen LogP contribution in [-0.2, 0) is 0 Å². The average molecular weight is 309 g/mol. The molecule has 0 radical (unpaired) electrons. The Morgan fingerprint density at radius 1 is 1.32 bits per heavy atom. The summed E-state index contributed by atoms with van der Waals surface area (Å²) in [4.78, 5) is 16.9. The third kappa shape index (κ3) is 4.15. The Hall–Kier alpha value is -0.770. The Balaban J connectivity index is 1.90. The summed E-state index contributed by atoms with van der Waals surface area (Å²) in [6.45, 7) is 7.23. The average Bonchev–Trinajstić information content (AvgIpc) is 2.52. The molecule has 0 aromatic rings. The summed E-state index contributed by atoms with van der Waals surface area (Å²) in [6.07, 6.45) is 8.61. The van der Waals surface area contributed by atoms with Crippen molar-refractivity contribution in [3.05, 3.63) is 0 Å². The molecule has 128 valence electrons. The van der Waals surface area contributed by atoms with Crippen molar-refractivity contribution in [1.29, 1.82) is 0 Å². The van der Waals surface area contributed by atoms with Gasteiger partial charge >= 0.3 is 6.03 Å². The zero-order valence-electron chi connectivity index (χ0n) is 15.0. The summed E-state index contributed by atoms with van der Waals surface area (Å²) in [5.74, 6) is 1.45. The van der Waals surface area contributed by atoms with Gasteiger partial charge in [0.2, 0.25) is 0 Å². The van der Waals surface area contributed by atoms with Crippen LogP contribution in [0.15, 0.2) is 0 Å². The summed E-state index contributed by atoms with van der Waals surface area (Å²) in [6, 6.07) is 0.151. The molecule has 1 aliphatic carbocycles. The molecule has 1 saturated heterocycles. The number of likely N-dealkylation sites (tertiary alicyclic amines) is 1. The first kappa shape index (κ1) is 17.6. The lowest BCUT2D eigenvalue weighted by atomic mass is 9.75. The van der Waals surface area contributed by atoms with Gasteiger partial charge in [-0.2, -0.15) is 0 Å². The normalized spacial score (nSPS) is 33.0. The summed E-state index contributed by atoms with van der Waals surface area (Å²) < 4.78 is 0. The van der Waals surface area contributed by atoms with Crippen LogP contribution in [0, 0.1) is 11.8 Å². The molecule has 4 heteroatoms. The molecular formula is C18H35N3O. The van der Waals surface area contributed by atoms with Crippen LogP contribution in [0.2, 0.25) is 0 Å². The van der Waals surface area contributed by atoms with Crippen LogP contribution < -0.4 is 5.32 Å². The number of rotatable bonds is 4. The molecule has 1 N–H and O–H groups in total. The van der Waals surface area contributed by atoms with Gasteiger partial charge in [0.1, 0.15) is 0 Å². The Labute approximate surface area is 136 Å². The van der Waals surface area contributed by atoms with Crippen molar-refractivity contribution >= 4 is 6.03 Å². The number of amides is 2. The SMILES string of the molecule is CC[C@@H]1CCCN(C(=O)NC[C@]2(N(C)C)CCC[C@H](C)C2)C1. The lowest BCUT2D eigenvalue weighted by Crippen LogP contribution is -2.57. The van der Waals surface area contributed by atoms with E-state index in [1.54, 1.807) is 0 Å². The molecule has 1 aliphatic heterocycles. The number of urea groups is 1. The van der Waals surface area contributed by atoms with Gasteiger partial charge in [0.25, 0.3) is 0 Å². The maximum Gasteiger partial charge on any atom is 0.317 e. The first-order valence-corrected chi connectivity index (χ1v) is 9.17. The first-order chi connectivity index (χ1) is 10.5. The zero-order chi connectivity index (χ0) is 16.2. The second-order valence-corrected chi connectivity index (χ2v) is 7.84. The summed E-state index contributed by atoms with van der Waals surface area (Å²) in [5.41, 5.74) is 0.146. The fourth-order valence-electron chi connectivity index (χ4n) is 4.29. The molecule has 2 fully saturated rings. The molecule has 2 amide bonds. The highest BCUT2D eigenvalue weighted by Gasteiger charge is 2.37. The number of nitrogens with zero attached hydrogens (tertiary/aromatic N) is 2. The topological polar surface area (TPSA) is 35.6 Å². The molecule has 1 heterocycles. The number of hydrogen-bond donors (Lipinski definition) is 1. The van der Waals surface area contributed by atoms with E-state index in [0.29, 0.717) is 5.92 Å². The van der Waals surface area contributed by atoms with Gasteiger partial charge in [-0.3, -0.25) is 0 Å². The van der Waals surface area contributed by atoms with Crippen LogP contribution in [0.4, 0.5) is 4.79 Å². The quantitative estimate of drug-likeness (QED) is 0.864. The summed E-state index contributed by atoms with van der Waals surface area (Å²) >= 11 is 0. The number of carbonyl (C=O) groups excluding carboxylic acids is 1. The number of hydrogen-bond acceptors (Lipinski definition) is 2. The zero-order valence-corrected chi connectivity index (χ0v) is 15.0. The lowest BCUT2D eigenvalue weighted by molar-refractivity contribution is 0.0741. The minimum Gasteiger partial charge on any atom is -0.336 e. The van der Waals surface area contributed by atoms with Crippen molar-refractivity contribution in [1.82, 2.24) is 15.1 Å². The number of carbonyl (C=O) groups is 1. The second kappa shape index (κ2) is 7.67. The predicted octanol–water partition coefficient (Wildman–Crippen LogP) is 3.33. The van der Waals surface area contributed by atoms with Crippen LogP contribution in [0.25, 0.3) is 0 Å². The Bertz CT molecular complexity index is 371. The predicted molar refractivity (Wildman–Crippen MR) is 92.0 cm³/mol. The molecule has 3 atom stereocenters. The van der Waals surface area contributed by atoms with E-state index in [4.69, 9.17) is 0 Å². The molecule has 1 saturated carbocycles. The highest BCUT2D eigenvalue weighted by Crippen LogP contribution is 2.35. The Kier molecular flexibility index (Phi) is 6.13. The first-order valence-electron chi connectivity index (χ1n) is 9.17. The standard InChI is InChI=1S/C18H35N3O/c1-5-16-9-7-11-21(13-16)17(22)19-14-18(20(3)4)10-6-8-15(2)12-18/h15-16H,5-14H2,1-4H3,(H,19,22)/t15-,16+,18-/m0/s1. The van der Waals surface area contributed by atoms with Crippen LogP contribution in [-0.4, -0.2) is 55.1 Å². The van der Waals surface area contributed by atoms with Crippen molar-refractivity contribution in [2.75, 3.05) is 33.7 Å². The van der Waals surface area contributed by atoms with Gasteiger partial charge in [-0.15, -0.1) is 0 Å². The van der Waals surface area contributed by atoms with E-state index in [0.717, 1.165) is 32.0 Å². The minimum atomic E-state index is 0.146. The second-order valence-electron chi connectivity index (χ2n) is 7.84. The van der Waals surface area contributed by atoms with Gasteiger partial charge in [0.15, 0.2) is 0 Å². The van der Waals surface area contributed by atoms with Crippen LogP contribution in [0.1, 0.15) is 58.8 Å². The highest BCUT2D eigenvalue weighted by molar-refractivity contribution is 5.74. The third-order valence-corrected chi connectivity index (χ3v) is 5.97. The molecule has 2 rings (SSSR count). The molecule has 0 bridgehead atoms. The fourth-order valence-corrected chi connectivity index (χ4v) is 4.29. The molecule has 0 spiro atoms. The van der Waals surface area contributed by atoms with E-state index in [9.17, 15) is 4.79 Å². The van der Waals surface area contributed by atoms with E-state index in [1.165, 1.54) is 38.5 Å². The van der Waals surface area contributed by atoms with E-state index >= 15 is 0 Å². The van der Waals surface area contributed by atoms with Crippen molar-refractivity contribution in [2.45, 2.75) is 64.3 Å². The monoisotopic (exact) mass is 309 g/mol. The maximum atomic E-state index is 12.5. The molecule has 0 aromatic heterocycles. The van der Waals surface area contributed by atoms with Crippen LogP contribution in [0.5, 0.6) is 0 Å². The molecule has 0 unspecified atom stereocenters. The number of likely N-dealkylation sites (N-methyl/N-ethyl adjacent to an activating group) is 1. The summed E-state index contributed by atoms with van der Waals surface area (Å²) in [5, 5.41) is 3.25. The minimum absolute atomic E-state index is 0.146. The Morgan fingerprint density at radius 2 is 2.09 bits per heavy atom. The van der Waals surface area contributed by atoms with Crippen molar-refractivity contribution < 1.29 is 4.79 Å². The van der Waals surface area contributed by atoms with E-state index in [1.807, 2.05) is 4.90 Å². The molecule has 4 nitrogen and oxygen atoms in total. The lowest BCUT2D eigenvalue weighted by Gasteiger charge is -2.45. The van der Waals surface area contributed by atoms with E-state index < -0.39 is 0 Å². The van der Waals surface area contributed by atoms with Gasteiger partial charge < -0.3 is 15.1 Å². The molecule has 22 heavy (non-hydrogen) atoms. The van der Waals surface area contributed by atoms with Crippen molar-refractivity contribution in [3.8, 4) is 0 Å². The van der Waals surface area contributed by atoms with Gasteiger partial charge in [0, 0.05) is 25.2 Å². The van der Waals surface area contributed by atoms with Crippen LogP contribution >= 0.6 is 0 Å². The smallest absolute Gasteiger partial charge is 0.317 e. The van der Waals surface area contributed by atoms with Crippen molar-refractivity contribution in [2.24, 2.45) is 11.8 Å². The largest absolute Gasteiger partial charge is 0.336 e. The number of piperidine rings is 1. The van der Waals surface area contributed by atoms with Gasteiger partial charge in [-0.05, 0) is 51.6 Å². The molecule has 2 aliphatic rings. The molecule has 0 aromatic carbocycles. The van der Waals surface area contributed by atoms with E-state index in [2.05, 4.69) is 38.2 Å². The fraction of sp³-hybridized carbons (Fsp3) is 0.944. The van der Waals surface area contributed by atoms with Gasteiger partial charge in [-0.25, -0.2) is 4.79 Å². The van der Waals surface area contributed by atoms with Crippen molar-refractivity contribution in [3.63, 3.8) is 0 Å². The number of nitrogens with one attached hydrogen (secondary N) is 1. The highest BCUT2D eigenvalue weighted by atomic mass is 16.2. The van der Waals surface area contributed by atoms with E-state index in [-0.39, 0.29) is 11.6 Å². The summed E-state index contributed by atoms with van der Waals surface area (Å²) in [7, 11) is 4.33. The maximum absolute atomic E-state index is 12.5. The molecular weight excluding hydrogens is 274 g/mol. The van der Waals surface area contributed by atoms with Crippen LogP contribution in [0.3, 0.4) is 0 Å². The van der Waals surface area contributed by atoms with Gasteiger partial charge in [-0.1, -0.05) is 33.1 Å². The third-order valence-electron chi connectivity index (χ3n) is 5.97. The Morgan fingerprint density at radius 3 is 2.73 bits per heavy atom.